The second kappa shape index (κ2) is 14.2. The Bertz CT molecular complexity index is 2180. The number of piperidine rings is 1. The van der Waals surface area contributed by atoms with E-state index in [1.165, 1.54) is 12.0 Å². The lowest BCUT2D eigenvalue weighted by Gasteiger charge is -2.40. The van der Waals surface area contributed by atoms with E-state index in [4.69, 9.17) is 9.47 Å². The Morgan fingerprint density at radius 3 is 2.58 bits per heavy atom. The van der Waals surface area contributed by atoms with E-state index >= 15 is 0 Å². The van der Waals surface area contributed by atoms with Crippen molar-refractivity contribution in [1.29, 1.82) is 0 Å². The van der Waals surface area contributed by atoms with E-state index in [1.807, 2.05) is 12.2 Å². The lowest BCUT2D eigenvalue weighted by molar-refractivity contribution is -0.140. The Balaban J connectivity index is 1.21. The molecule has 3 aromatic rings. The third-order valence-corrected chi connectivity index (χ3v) is 14.0. The van der Waals surface area contributed by atoms with Gasteiger partial charge in [0.05, 0.1) is 22.8 Å². The summed E-state index contributed by atoms with van der Waals surface area (Å²) < 4.78 is 79.8. The maximum atomic E-state index is 14.4. The Labute approximate surface area is 319 Å². The lowest BCUT2D eigenvalue weighted by Crippen LogP contribution is -2.61. The summed E-state index contributed by atoms with van der Waals surface area (Å²) in [5.41, 5.74) is -1.67. The van der Waals surface area contributed by atoms with E-state index in [-0.39, 0.29) is 48.6 Å². The number of carbonyl (C=O) groups is 3. The summed E-state index contributed by atoms with van der Waals surface area (Å²) in [5, 5.41) is 4.10. The van der Waals surface area contributed by atoms with Crippen LogP contribution in [-0.2, 0) is 25.8 Å². The predicted molar refractivity (Wildman–Crippen MR) is 196 cm³/mol. The standard InChI is InChI=1S/C36H42F3N7O7S2/c1-20-25(52-4)11-10-23-27(20)41-28(31-40-26(19-54-31)36(37,38)39)42-30(23)53-22-12-16-46-24(17-22)29(47)43-35(32(48)44-55(50,51)34(2)13-14-34)18-21(35)9-7-5-6-8-15-45(3)33(46)49/h7,9-11,19,21-22,24H,5-6,8,12-18H2,1-4H3,(H,43,47)(H,44,48)/b9-7-/t21-,22-,24-,35+/m0/s1. The number of nitrogens with one attached hydrogen (secondary N) is 2. The van der Waals surface area contributed by atoms with E-state index in [9.17, 15) is 36.0 Å². The van der Waals surface area contributed by atoms with Gasteiger partial charge in [0.15, 0.2) is 16.5 Å². The topological polar surface area (TPSA) is 173 Å². The SMILES string of the molecule is COc1ccc2c(O[C@H]3CCN4C(=O)N(C)CCCC/C=C\[C@H]5C[C@@]5(C(=O)NS(=O)(=O)C5(C)CC5)NC(=O)[C@@H]4C3)nc(-c3nc(C(F)(F)F)cs3)nc2c1C. The molecule has 2 saturated carbocycles. The average molecular weight is 806 g/mol. The lowest BCUT2D eigenvalue weighted by atomic mass is 9.97. The zero-order valence-electron chi connectivity index (χ0n) is 30.7. The van der Waals surface area contributed by atoms with Gasteiger partial charge in [-0.05, 0) is 64.5 Å². The number of ether oxygens (including phenoxy) is 2. The van der Waals surface area contributed by atoms with Gasteiger partial charge in [-0.1, -0.05) is 12.2 Å². The summed E-state index contributed by atoms with van der Waals surface area (Å²) >= 11 is 0.732. The highest BCUT2D eigenvalue weighted by atomic mass is 32.2. The minimum Gasteiger partial charge on any atom is -0.496 e. The quantitative estimate of drug-likeness (QED) is 0.311. The van der Waals surface area contributed by atoms with E-state index in [1.54, 1.807) is 37.9 Å². The number of hydrogen-bond acceptors (Lipinski definition) is 11. The number of rotatable bonds is 7. The molecule has 2 aliphatic carbocycles. The fourth-order valence-electron chi connectivity index (χ4n) is 7.13. The number of urea groups is 1. The van der Waals surface area contributed by atoms with Gasteiger partial charge in [0.1, 0.15) is 23.4 Å². The number of fused-ring (bicyclic) bond motifs is 3. The van der Waals surface area contributed by atoms with Crippen LogP contribution in [0.5, 0.6) is 11.6 Å². The normalized spacial score (nSPS) is 26.3. The summed E-state index contributed by atoms with van der Waals surface area (Å²) in [6.07, 6.45) is 1.76. The second-order valence-electron chi connectivity index (χ2n) is 14.9. The molecule has 14 nitrogen and oxygen atoms in total. The summed E-state index contributed by atoms with van der Waals surface area (Å²) in [6, 6.07) is 1.84. The van der Waals surface area contributed by atoms with Crippen molar-refractivity contribution in [2.24, 2.45) is 5.92 Å². The molecule has 4 amide bonds. The minimum atomic E-state index is -4.67. The van der Waals surface area contributed by atoms with Crippen molar-refractivity contribution in [3.63, 3.8) is 0 Å². The van der Waals surface area contributed by atoms with Crippen LogP contribution in [0.25, 0.3) is 21.7 Å². The monoisotopic (exact) mass is 805 g/mol. The fourth-order valence-corrected chi connectivity index (χ4v) is 9.20. The minimum absolute atomic E-state index is 0.0363. The summed E-state index contributed by atoms with van der Waals surface area (Å²) in [6.45, 7) is 3.85. The number of thiazole rings is 1. The highest BCUT2D eigenvalue weighted by Gasteiger charge is 2.63. The second-order valence-corrected chi connectivity index (χ2v) is 18.0. The smallest absolute Gasteiger partial charge is 0.434 e. The highest BCUT2D eigenvalue weighted by Crippen LogP contribution is 2.47. The van der Waals surface area contributed by atoms with Crippen molar-refractivity contribution < 1.29 is 45.4 Å². The molecule has 7 rings (SSSR count). The number of aryl methyl sites for hydroxylation is 1. The van der Waals surface area contributed by atoms with Gasteiger partial charge in [-0.15, -0.1) is 11.3 Å². The molecule has 1 aromatic carbocycles. The van der Waals surface area contributed by atoms with Crippen LogP contribution in [0.15, 0.2) is 29.7 Å². The molecule has 19 heteroatoms. The van der Waals surface area contributed by atoms with Gasteiger partial charge in [-0.25, -0.2) is 23.2 Å². The van der Waals surface area contributed by atoms with Gasteiger partial charge < -0.3 is 24.6 Å². The maximum absolute atomic E-state index is 14.4. The van der Waals surface area contributed by atoms with Crippen LogP contribution >= 0.6 is 11.3 Å². The average Bonchev–Trinajstić information content (AvgIpc) is 3.99. The molecule has 0 radical (unpaired) electrons. The Morgan fingerprint density at radius 1 is 1.13 bits per heavy atom. The number of halogens is 3. The number of benzene rings is 1. The van der Waals surface area contributed by atoms with Gasteiger partial charge in [-0.3, -0.25) is 14.3 Å². The molecule has 2 N–H and O–H groups in total. The molecule has 4 heterocycles. The Hall–Kier alpha value is -4.52. The van der Waals surface area contributed by atoms with E-state index in [2.05, 4.69) is 25.0 Å². The molecule has 3 fully saturated rings. The first-order valence-corrected chi connectivity index (χ1v) is 20.4. The molecule has 2 aromatic heterocycles. The van der Waals surface area contributed by atoms with Crippen molar-refractivity contribution in [3.05, 3.63) is 40.9 Å². The van der Waals surface area contributed by atoms with Crippen LogP contribution in [0.3, 0.4) is 0 Å². The molecule has 2 aliphatic heterocycles. The summed E-state index contributed by atoms with van der Waals surface area (Å²) in [5.74, 6) is -1.50. The zero-order chi connectivity index (χ0) is 39.5. The molecule has 1 saturated heterocycles. The molecular formula is C36H42F3N7O7S2. The molecule has 0 bridgehead atoms. The predicted octanol–water partition coefficient (Wildman–Crippen LogP) is 4.97. The highest BCUT2D eigenvalue weighted by molar-refractivity contribution is 7.91. The van der Waals surface area contributed by atoms with Crippen LogP contribution in [0.2, 0.25) is 0 Å². The Kier molecular flexibility index (Phi) is 10.0. The number of methoxy groups -OCH3 is 1. The van der Waals surface area contributed by atoms with Crippen LogP contribution in [0.1, 0.15) is 69.5 Å². The number of nitrogens with zero attached hydrogens (tertiary/aromatic N) is 5. The van der Waals surface area contributed by atoms with Gasteiger partial charge in [0, 0.05) is 49.8 Å². The van der Waals surface area contributed by atoms with Gasteiger partial charge in [-0.2, -0.15) is 18.2 Å². The molecular weight excluding hydrogens is 764 g/mol. The van der Waals surface area contributed by atoms with Gasteiger partial charge in [0.2, 0.25) is 21.8 Å². The number of alkyl halides is 3. The number of allylic oxidation sites excluding steroid dienone is 1. The van der Waals surface area contributed by atoms with Crippen LogP contribution in [0, 0.1) is 12.8 Å². The fraction of sp³-hybridized carbons (Fsp3) is 0.556. The number of sulfonamides is 1. The number of hydrogen-bond donors (Lipinski definition) is 2. The van der Waals surface area contributed by atoms with Gasteiger partial charge in [0.25, 0.3) is 5.91 Å². The first-order chi connectivity index (χ1) is 26.0. The third-order valence-electron chi connectivity index (χ3n) is 11.0. The summed E-state index contributed by atoms with van der Waals surface area (Å²) in [4.78, 5) is 57.8. The zero-order valence-corrected chi connectivity index (χ0v) is 32.4. The largest absolute Gasteiger partial charge is 0.496 e. The van der Waals surface area contributed by atoms with Crippen LogP contribution in [-0.4, -0.2) is 101 Å². The third kappa shape index (κ3) is 7.44. The first kappa shape index (κ1) is 38.7. The first-order valence-electron chi connectivity index (χ1n) is 18.1. The van der Waals surface area contributed by atoms with E-state index in [0.717, 1.165) is 23.1 Å². The van der Waals surface area contributed by atoms with Crippen molar-refractivity contribution in [1.82, 2.24) is 34.8 Å². The molecule has 55 heavy (non-hydrogen) atoms. The van der Waals surface area contributed by atoms with E-state index in [0.29, 0.717) is 54.4 Å². The van der Waals surface area contributed by atoms with Crippen LogP contribution < -0.4 is 19.5 Å². The van der Waals surface area contributed by atoms with Crippen molar-refractivity contribution in [3.8, 4) is 22.5 Å². The number of aromatic nitrogens is 3. The molecule has 296 valence electrons. The molecule has 0 spiro atoms. The van der Waals surface area contributed by atoms with Crippen molar-refractivity contribution >= 4 is 50.1 Å². The number of carbonyl (C=O) groups excluding carboxylic acids is 3. The van der Waals surface area contributed by atoms with Gasteiger partial charge >= 0.3 is 12.2 Å². The van der Waals surface area contributed by atoms with E-state index < -0.39 is 62.1 Å². The number of amides is 4. The molecule has 4 atom stereocenters. The van der Waals surface area contributed by atoms with Crippen molar-refractivity contribution in [2.75, 3.05) is 27.2 Å². The molecule has 4 aliphatic rings. The van der Waals surface area contributed by atoms with Crippen molar-refractivity contribution in [2.45, 2.75) is 93.8 Å². The Morgan fingerprint density at radius 2 is 1.89 bits per heavy atom. The van der Waals surface area contributed by atoms with Crippen LogP contribution in [0.4, 0.5) is 18.0 Å². The summed E-state index contributed by atoms with van der Waals surface area (Å²) in [7, 11) is -0.871. The maximum Gasteiger partial charge on any atom is 0.434 e. The molecule has 0 unspecified atom stereocenters.